The van der Waals surface area contributed by atoms with Crippen LogP contribution in [0, 0.1) is 5.92 Å². The summed E-state index contributed by atoms with van der Waals surface area (Å²) in [6, 6.07) is 0. The molecule has 0 radical (unpaired) electrons. The van der Waals surface area contributed by atoms with E-state index in [-0.39, 0.29) is 0 Å². The van der Waals surface area contributed by atoms with Gasteiger partial charge in [-0.05, 0) is 19.8 Å². The van der Waals surface area contributed by atoms with E-state index in [9.17, 15) is 15.0 Å². The van der Waals surface area contributed by atoms with Crippen LogP contribution in [0.25, 0.3) is 0 Å². The summed E-state index contributed by atoms with van der Waals surface area (Å²) >= 11 is 0. The lowest BCUT2D eigenvalue weighted by Gasteiger charge is -2.29. The number of aliphatic hydroxyl groups is 3. The smallest absolute Gasteiger partial charge is 0.338 e. The summed E-state index contributed by atoms with van der Waals surface area (Å²) < 4.78 is 4.47. The second-order valence-corrected chi connectivity index (χ2v) is 4.00. The average Bonchev–Trinajstić information content (AvgIpc) is 2.17. The lowest BCUT2D eigenvalue weighted by molar-refractivity contribution is -0.350. The van der Waals surface area contributed by atoms with Crippen LogP contribution in [0.1, 0.15) is 46.5 Å². The second kappa shape index (κ2) is 6.83. The summed E-state index contributed by atoms with van der Waals surface area (Å²) in [6.45, 7) is 4.99. The first-order valence-corrected chi connectivity index (χ1v) is 5.70. The van der Waals surface area contributed by atoms with Gasteiger partial charge in [-0.25, -0.2) is 4.79 Å². The zero-order valence-electron chi connectivity index (χ0n) is 10.1. The third-order valence-corrected chi connectivity index (χ3v) is 2.52. The summed E-state index contributed by atoms with van der Waals surface area (Å²) in [6.07, 6.45) is 1.44. The van der Waals surface area contributed by atoms with Gasteiger partial charge in [0, 0.05) is 0 Å². The molecule has 0 heterocycles. The fraction of sp³-hybridized carbons (Fsp3) is 0.909. The fourth-order valence-electron chi connectivity index (χ4n) is 1.43. The van der Waals surface area contributed by atoms with E-state index in [1.807, 2.05) is 6.92 Å². The molecule has 5 heteroatoms. The Morgan fingerprint density at radius 2 is 1.94 bits per heavy atom. The zero-order chi connectivity index (χ0) is 12.8. The largest absolute Gasteiger partial charge is 0.406 e. The normalized spacial score (nSPS) is 15.6. The van der Waals surface area contributed by atoms with Crippen LogP contribution in [0.2, 0.25) is 0 Å². The number of ether oxygens (including phenoxy) is 1. The Kier molecular flexibility index (Phi) is 6.55. The monoisotopic (exact) mass is 234 g/mol. The van der Waals surface area contributed by atoms with E-state index < -0.39 is 24.0 Å². The maximum absolute atomic E-state index is 11.1. The van der Waals surface area contributed by atoms with Crippen LogP contribution in [0.3, 0.4) is 0 Å². The van der Waals surface area contributed by atoms with E-state index in [2.05, 4.69) is 4.74 Å². The fourth-order valence-corrected chi connectivity index (χ4v) is 1.43. The third-order valence-electron chi connectivity index (χ3n) is 2.52. The van der Waals surface area contributed by atoms with E-state index in [0.717, 1.165) is 12.8 Å². The molecule has 0 aromatic heterocycles. The molecule has 0 saturated heterocycles. The standard InChI is InChI=1S/C11H22O5/c1-4-6-7-9(5-2)11(14,15)16-10(13)8(3)12/h8-9,12,14-15H,4-7H2,1-3H3. The highest BCUT2D eigenvalue weighted by Crippen LogP contribution is 2.25. The molecule has 0 fully saturated rings. The summed E-state index contributed by atoms with van der Waals surface area (Å²) in [7, 11) is 0. The number of esters is 1. The van der Waals surface area contributed by atoms with Crippen molar-refractivity contribution in [2.24, 2.45) is 5.92 Å². The van der Waals surface area contributed by atoms with Gasteiger partial charge in [-0.1, -0.05) is 26.7 Å². The minimum atomic E-state index is -2.49. The van der Waals surface area contributed by atoms with Crippen molar-refractivity contribution in [2.75, 3.05) is 0 Å². The van der Waals surface area contributed by atoms with Gasteiger partial charge in [0.2, 0.25) is 0 Å². The molecule has 3 N–H and O–H groups in total. The van der Waals surface area contributed by atoms with Gasteiger partial charge in [0.25, 0.3) is 0 Å². The maximum Gasteiger partial charge on any atom is 0.338 e. The van der Waals surface area contributed by atoms with E-state index >= 15 is 0 Å². The summed E-state index contributed by atoms with van der Waals surface area (Å²) in [5, 5.41) is 28.2. The van der Waals surface area contributed by atoms with Gasteiger partial charge in [-0.15, -0.1) is 0 Å². The van der Waals surface area contributed by atoms with Crippen molar-refractivity contribution < 1.29 is 24.9 Å². The Morgan fingerprint density at radius 1 is 1.38 bits per heavy atom. The van der Waals surface area contributed by atoms with Crippen LogP contribution in [0.4, 0.5) is 0 Å². The van der Waals surface area contributed by atoms with Gasteiger partial charge in [-0.2, -0.15) is 0 Å². The van der Waals surface area contributed by atoms with Crippen LogP contribution in [-0.4, -0.2) is 33.4 Å². The molecule has 0 aliphatic rings. The molecule has 2 atom stereocenters. The Bertz CT molecular complexity index is 212. The highest BCUT2D eigenvalue weighted by molar-refractivity contribution is 5.74. The Labute approximate surface area is 96.0 Å². The molecule has 0 aliphatic heterocycles. The third kappa shape index (κ3) is 4.92. The minimum Gasteiger partial charge on any atom is -0.406 e. The summed E-state index contributed by atoms with van der Waals surface area (Å²) in [4.78, 5) is 11.1. The number of aliphatic hydroxyl groups excluding tert-OH is 1. The molecule has 0 aliphatic carbocycles. The molecule has 0 rings (SSSR count). The lowest BCUT2D eigenvalue weighted by atomic mass is 9.97. The Balaban J connectivity index is 4.41. The molecule has 96 valence electrons. The molecule has 2 unspecified atom stereocenters. The molecule has 0 aromatic carbocycles. The average molecular weight is 234 g/mol. The predicted octanol–water partition coefficient (Wildman–Crippen LogP) is 0.765. The molecule has 0 spiro atoms. The molecule has 0 bridgehead atoms. The number of hydrogen-bond acceptors (Lipinski definition) is 5. The van der Waals surface area contributed by atoms with E-state index in [1.165, 1.54) is 6.92 Å². The lowest BCUT2D eigenvalue weighted by Crippen LogP contribution is -2.44. The van der Waals surface area contributed by atoms with E-state index in [0.29, 0.717) is 12.8 Å². The topological polar surface area (TPSA) is 87.0 Å². The van der Waals surface area contributed by atoms with E-state index in [4.69, 9.17) is 5.11 Å². The van der Waals surface area contributed by atoms with E-state index in [1.54, 1.807) is 6.92 Å². The molecule has 5 nitrogen and oxygen atoms in total. The van der Waals surface area contributed by atoms with Crippen LogP contribution in [0.15, 0.2) is 0 Å². The van der Waals surface area contributed by atoms with Crippen molar-refractivity contribution >= 4 is 5.97 Å². The SMILES string of the molecule is CCCCC(CC)C(O)(O)OC(=O)C(C)O. The van der Waals surface area contributed by atoms with Crippen LogP contribution in [0.5, 0.6) is 0 Å². The highest BCUT2D eigenvalue weighted by atomic mass is 16.8. The van der Waals surface area contributed by atoms with Crippen molar-refractivity contribution in [1.29, 1.82) is 0 Å². The van der Waals surface area contributed by atoms with Gasteiger partial charge in [-0.3, -0.25) is 0 Å². The Morgan fingerprint density at radius 3 is 2.31 bits per heavy atom. The van der Waals surface area contributed by atoms with Gasteiger partial charge in [0.1, 0.15) is 6.10 Å². The second-order valence-electron chi connectivity index (χ2n) is 4.00. The van der Waals surface area contributed by atoms with Gasteiger partial charge < -0.3 is 20.1 Å². The molecule has 0 saturated carbocycles. The van der Waals surface area contributed by atoms with Crippen molar-refractivity contribution in [3.05, 3.63) is 0 Å². The first-order chi connectivity index (χ1) is 7.35. The van der Waals surface area contributed by atoms with Gasteiger partial charge >= 0.3 is 11.9 Å². The molecular formula is C11H22O5. The molecule has 16 heavy (non-hydrogen) atoms. The number of hydrogen-bond donors (Lipinski definition) is 3. The summed E-state index contributed by atoms with van der Waals surface area (Å²) in [5.41, 5.74) is 0. The number of unbranched alkanes of at least 4 members (excludes halogenated alkanes) is 1. The van der Waals surface area contributed by atoms with Crippen LogP contribution < -0.4 is 0 Å². The molecular weight excluding hydrogens is 212 g/mol. The highest BCUT2D eigenvalue weighted by Gasteiger charge is 2.38. The van der Waals surface area contributed by atoms with Crippen LogP contribution in [-0.2, 0) is 9.53 Å². The van der Waals surface area contributed by atoms with Gasteiger partial charge in [0.05, 0.1) is 5.92 Å². The zero-order valence-corrected chi connectivity index (χ0v) is 10.1. The maximum atomic E-state index is 11.1. The number of rotatable bonds is 7. The Hall–Kier alpha value is -0.650. The van der Waals surface area contributed by atoms with Crippen molar-refractivity contribution in [1.82, 2.24) is 0 Å². The van der Waals surface area contributed by atoms with Crippen molar-refractivity contribution in [2.45, 2.75) is 58.5 Å². The van der Waals surface area contributed by atoms with Gasteiger partial charge in [0.15, 0.2) is 0 Å². The quantitative estimate of drug-likeness (QED) is 0.447. The molecule has 0 amide bonds. The number of carbonyl (C=O) groups is 1. The van der Waals surface area contributed by atoms with Crippen molar-refractivity contribution in [3.8, 4) is 0 Å². The number of carbonyl (C=O) groups excluding carboxylic acids is 1. The first-order valence-electron chi connectivity index (χ1n) is 5.70. The minimum absolute atomic E-state index is 0.486. The predicted molar refractivity (Wildman–Crippen MR) is 58.2 cm³/mol. The van der Waals surface area contributed by atoms with Crippen molar-refractivity contribution in [3.63, 3.8) is 0 Å². The summed E-state index contributed by atoms with van der Waals surface area (Å²) in [5.74, 6) is -4.05. The first kappa shape index (κ1) is 15.3. The molecule has 0 aromatic rings. The van der Waals surface area contributed by atoms with Crippen LogP contribution >= 0.6 is 0 Å².